The molecule has 4 aliphatic heterocycles. The predicted octanol–water partition coefficient (Wildman–Crippen LogP) is 7.32. The molecule has 5 N–H and O–H groups in total. The summed E-state index contributed by atoms with van der Waals surface area (Å²) in [6.45, 7) is 12.3. The molecule has 16 nitrogen and oxygen atoms in total. The number of unbranched alkanes of at least 4 members (excludes halogenated alkanes) is 1. The number of nitrogens with zero attached hydrogens (tertiary/aromatic N) is 6. The highest BCUT2D eigenvalue weighted by molar-refractivity contribution is 6.03. The van der Waals surface area contributed by atoms with Crippen LogP contribution in [0.1, 0.15) is 102 Å². The van der Waals surface area contributed by atoms with E-state index in [2.05, 4.69) is 72.8 Å². The smallest absolute Gasteiger partial charge is 0.319 e. The molecule has 1 aliphatic carbocycles. The van der Waals surface area contributed by atoms with E-state index in [1.165, 1.54) is 46.5 Å². The van der Waals surface area contributed by atoms with Gasteiger partial charge in [-0.1, -0.05) is 69.2 Å². The quantitative estimate of drug-likeness (QED) is 0.0433. The van der Waals surface area contributed by atoms with E-state index in [1.807, 2.05) is 32.9 Å². The summed E-state index contributed by atoms with van der Waals surface area (Å²) in [5.74, 6) is 0.265. The Morgan fingerprint density at radius 1 is 0.975 bits per heavy atom. The lowest BCUT2D eigenvalue weighted by Gasteiger charge is -2.35. The van der Waals surface area contributed by atoms with Gasteiger partial charge >= 0.3 is 6.01 Å². The van der Waals surface area contributed by atoms with Crippen molar-refractivity contribution in [3.63, 3.8) is 0 Å². The maximum atomic E-state index is 17.1. The number of aromatic hydroxyl groups is 1. The molecule has 0 radical (unpaired) electrons. The summed E-state index contributed by atoms with van der Waals surface area (Å²) in [5.41, 5.74) is 3.87. The summed E-state index contributed by atoms with van der Waals surface area (Å²) < 4.78 is 44.5. The Morgan fingerprint density at radius 3 is 2.44 bits per heavy atom. The van der Waals surface area contributed by atoms with Gasteiger partial charge in [-0.3, -0.25) is 19.4 Å². The van der Waals surface area contributed by atoms with Gasteiger partial charge in [-0.2, -0.15) is 9.97 Å². The largest absolute Gasteiger partial charge is 0.508 e. The molecular weight excluding hydrogens is 1010 g/mol. The zero-order valence-electron chi connectivity index (χ0n) is 45.5. The van der Waals surface area contributed by atoms with Gasteiger partial charge in [0, 0.05) is 87.9 Å². The van der Waals surface area contributed by atoms with Gasteiger partial charge in [-0.05, 0) is 110 Å². The highest BCUT2D eigenvalue weighted by Crippen LogP contribution is 2.40. The number of nitrogens with one attached hydrogen (secondary N) is 3. The van der Waals surface area contributed by atoms with Crippen molar-refractivity contribution in [3.05, 3.63) is 101 Å². The second-order valence-electron chi connectivity index (χ2n) is 22.9. The van der Waals surface area contributed by atoms with Crippen LogP contribution in [0.2, 0.25) is 0 Å². The maximum Gasteiger partial charge on any atom is 0.319 e. The number of pyridine rings is 1. The molecule has 6 heterocycles. The molecular formula is C61H71F2N9O7. The fourth-order valence-corrected chi connectivity index (χ4v) is 11.9. The fraction of sp³-hybridized carbons (Fsp3) is 0.475. The molecule has 3 amide bonds. The van der Waals surface area contributed by atoms with Crippen LogP contribution in [0.25, 0.3) is 38.5 Å². The molecule has 0 saturated carbocycles. The number of phenols is 1. The number of amides is 3. The fourth-order valence-electron chi connectivity index (χ4n) is 11.9. The van der Waals surface area contributed by atoms with Crippen LogP contribution in [0, 0.1) is 29.4 Å². The SMILES string of the molecule is C#Cc1c(F)ccc2cc(O)cc(-c3ncc4c(N5CC6CCC(C5)N6)nc(OC5CCN(CCCCOCCC(=O)NC(C(=O)N6C[C@H](O)CC6C(=O)NCc6ccc(C7=C(C)C=CC7)cc6)C(C)(C)C)CC5)nc4c3F)c12. The van der Waals surface area contributed by atoms with Crippen molar-refractivity contribution in [1.82, 2.24) is 40.7 Å². The molecule has 4 unspecified atom stereocenters. The van der Waals surface area contributed by atoms with Gasteiger partial charge in [0.15, 0.2) is 5.82 Å². The highest BCUT2D eigenvalue weighted by Gasteiger charge is 2.44. The number of aromatic nitrogens is 3. The number of piperidine rings is 1. The average Bonchev–Trinajstić information content (AvgIpc) is 4.20. The number of fused-ring (bicyclic) bond motifs is 4. The minimum absolute atomic E-state index is 0.00388. The Morgan fingerprint density at radius 2 is 1.73 bits per heavy atom. The molecule has 79 heavy (non-hydrogen) atoms. The van der Waals surface area contributed by atoms with Gasteiger partial charge in [0.25, 0.3) is 0 Å². The lowest BCUT2D eigenvalue weighted by molar-refractivity contribution is -0.144. The normalized spacial score (nSPS) is 21.0. The van der Waals surface area contributed by atoms with Crippen molar-refractivity contribution < 1.29 is 42.9 Å². The van der Waals surface area contributed by atoms with Crippen molar-refractivity contribution in [2.45, 2.75) is 128 Å². The Hall–Kier alpha value is -7.04. The van der Waals surface area contributed by atoms with Crippen molar-refractivity contribution >= 4 is 50.8 Å². The molecule has 2 bridgehead atoms. The number of allylic oxidation sites excluding steroid dienone is 4. The molecule has 3 aromatic carbocycles. The number of ether oxygens (including phenoxy) is 2. The third kappa shape index (κ3) is 12.4. The Balaban J connectivity index is 0.690. The van der Waals surface area contributed by atoms with Crippen LogP contribution >= 0.6 is 0 Å². The van der Waals surface area contributed by atoms with Gasteiger partial charge in [-0.15, -0.1) is 6.42 Å². The summed E-state index contributed by atoms with van der Waals surface area (Å²) >= 11 is 0. The summed E-state index contributed by atoms with van der Waals surface area (Å²) in [6.07, 6.45) is 16.7. The molecule has 10 rings (SSSR count). The molecule has 18 heteroatoms. The van der Waals surface area contributed by atoms with Crippen molar-refractivity contribution in [1.29, 1.82) is 0 Å². The minimum atomic E-state index is -0.930. The minimum Gasteiger partial charge on any atom is -0.508 e. The number of aliphatic hydroxyl groups is 1. The number of hydrogen-bond acceptors (Lipinski definition) is 13. The summed E-state index contributed by atoms with van der Waals surface area (Å²) in [5, 5.41) is 32.0. The summed E-state index contributed by atoms with van der Waals surface area (Å²) in [7, 11) is 0. The first-order chi connectivity index (χ1) is 38.0. The number of carbonyl (C=O) groups is 3. The number of rotatable bonds is 18. The van der Waals surface area contributed by atoms with Gasteiger partial charge in [0.05, 0.1) is 23.7 Å². The molecule has 2 aromatic heterocycles. The lowest BCUT2D eigenvalue weighted by Crippen LogP contribution is -2.57. The van der Waals surface area contributed by atoms with Gasteiger partial charge in [-0.25, -0.2) is 8.78 Å². The van der Waals surface area contributed by atoms with Gasteiger partial charge in [0.2, 0.25) is 17.7 Å². The number of aliphatic hydroxyl groups excluding tert-OH is 1. The van der Waals surface area contributed by atoms with E-state index in [0.717, 1.165) is 62.9 Å². The number of halogens is 2. The first-order valence-corrected chi connectivity index (χ1v) is 27.8. The maximum absolute atomic E-state index is 17.1. The number of likely N-dealkylation sites (tertiary alicyclic amines) is 2. The zero-order chi connectivity index (χ0) is 55.5. The molecule has 5 atom stereocenters. The first kappa shape index (κ1) is 55.3. The molecule has 0 spiro atoms. The number of benzene rings is 3. The van der Waals surface area contributed by atoms with Gasteiger partial charge < -0.3 is 50.3 Å². The van der Waals surface area contributed by atoms with Gasteiger partial charge in [0.1, 0.15) is 46.8 Å². The molecule has 416 valence electrons. The number of phenolic OH excluding ortho intramolecular Hbond substituents is 1. The third-order valence-corrected chi connectivity index (χ3v) is 16.1. The van der Waals surface area contributed by atoms with Crippen LogP contribution in [-0.2, 0) is 25.7 Å². The molecule has 4 saturated heterocycles. The number of carbonyl (C=O) groups excluding carboxylic acids is 3. The van der Waals surface area contributed by atoms with Crippen LogP contribution in [0.15, 0.2) is 72.5 Å². The number of terminal acetylenes is 1. The standard InChI is InChI=1S/C61H71F2N9O7/c1-6-45-49(62)19-16-39-28-42(73)29-47(52(39)45)54-53(63)55-48(32-64-54)57(71-33-40-17-18-41(34-71)66-40)69-60(68-55)79-44-20-24-70(25-21-44)23-7-8-26-78-27-22-51(75)67-56(61(3,4)5)59(77)72-35-43(74)30-50(72)58(76)65-31-37-12-14-38(15-13-37)46-11-9-10-36(46)2/h1,9-10,12-16,19,28-29,32,40-41,43-44,50,56,66,73-74H,7-8,11,17-18,20-27,30-31,33-35H2,2-5H3,(H,65,76)(H,67,75)/t40?,41?,43-,50?,56?/m1/s1. The second kappa shape index (κ2) is 23.7. The molecule has 4 fully saturated rings. The van der Waals surface area contributed by atoms with E-state index < -0.39 is 41.1 Å². The molecule has 5 aromatic rings. The Bertz CT molecular complexity index is 3210. The van der Waals surface area contributed by atoms with Crippen molar-refractivity contribution in [3.8, 4) is 35.4 Å². The zero-order valence-corrected chi connectivity index (χ0v) is 45.5. The number of β-amino-alcohol motifs (C(OH)–C–C–N with tert-alkyl or cyclic N) is 1. The Kier molecular flexibility index (Phi) is 16.6. The number of hydrogen-bond donors (Lipinski definition) is 5. The third-order valence-electron chi connectivity index (χ3n) is 16.1. The first-order valence-electron chi connectivity index (χ1n) is 27.8. The van der Waals surface area contributed by atoms with Crippen LogP contribution < -0.4 is 25.6 Å². The summed E-state index contributed by atoms with van der Waals surface area (Å²) in [4.78, 5) is 61.0. The van der Waals surface area contributed by atoms with Crippen molar-refractivity contribution in [2.24, 2.45) is 5.41 Å². The van der Waals surface area contributed by atoms with Crippen LogP contribution in [0.5, 0.6) is 11.8 Å². The van der Waals surface area contributed by atoms with E-state index in [-0.39, 0.29) is 102 Å². The van der Waals surface area contributed by atoms with Crippen molar-refractivity contribution in [2.75, 3.05) is 57.4 Å². The number of anilines is 1. The second-order valence-corrected chi connectivity index (χ2v) is 22.9. The number of piperazine rings is 1. The highest BCUT2D eigenvalue weighted by atomic mass is 19.1. The monoisotopic (exact) mass is 1080 g/mol. The topological polar surface area (TPSA) is 195 Å². The Labute approximate surface area is 460 Å². The van der Waals surface area contributed by atoms with E-state index in [0.29, 0.717) is 49.1 Å². The average molecular weight is 1080 g/mol. The van der Waals surface area contributed by atoms with E-state index in [1.54, 1.807) is 0 Å². The van der Waals surface area contributed by atoms with E-state index >= 15 is 8.78 Å². The summed E-state index contributed by atoms with van der Waals surface area (Å²) in [6, 6.07) is 12.4. The van der Waals surface area contributed by atoms with E-state index in [4.69, 9.17) is 20.9 Å². The van der Waals surface area contributed by atoms with E-state index in [9.17, 15) is 24.6 Å². The van der Waals surface area contributed by atoms with Crippen LogP contribution in [-0.4, -0.2) is 142 Å². The lowest BCUT2D eigenvalue weighted by atomic mass is 9.85. The molecule has 5 aliphatic rings. The van der Waals surface area contributed by atoms with Crippen LogP contribution in [0.4, 0.5) is 14.6 Å². The predicted molar refractivity (Wildman–Crippen MR) is 299 cm³/mol. The van der Waals surface area contributed by atoms with Crippen LogP contribution in [0.3, 0.4) is 0 Å².